The van der Waals surface area contributed by atoms with Crippen LogP contribution in [0.4, 0.5) is 5.69 Å². The number of hydrogen-bond donors (Lipinski definition) is 1. The van der Waals surface area contributed by atoms with Gasteiger partial charge < -0.3 is 5.11 Å². The molecule has 0 unspecified atom stereocenters. The van der Waals surface area contributed by atoms with Gasteiger partial charge >= 0.3 is 0 Å². The molecular formula is C15H17NO4S. The number of allylic oxidation sites excluding steroid dienone is 3. The molecule has 0 saturated heterocycles. The molecule has 112 valence electrons. The van der Waals surface area contributed by atoms with E-state index in [0.717, 1.165) is 5.75 Å². The predicted octanol–water partition coefficient (Wildman–Crippen LogP) is 3.01. The lowest BCUT2D eigenvalue weighted by atomic mass is 10.1. The van der Waals surface area contributed by atoms with Crippen molar-refractivity contribution in [2.45, 2.75) is 6.42 Å². The van der Waals surface area contributed by atoms with E-state index in [4.69, 9.17) is 5.11 Å². The molecule has 0 aliphatic rings. The van der Waals surface area contributed by atoms with E-state index in [1.54, 1.807) is 30.0 Å². The zero-order valence-electron chi connectivity index (χ0n) is 11.5. The molecule has 5 nitrogen and oxygen atoms in total. The van der Waals surface area contributed by atoms with Crippen LogP contribution in [0.15, 0.2) is 48.6 Å². The highest BCUT2D eigenvalue weighted by Crippen LogP contribution is 2.14. The van der Waals surface area contributed by atoms with Crippen molar-refractivity contribution in [2.75, 3.05) is 18.1 Å². The number of nitro groups is 1. The number of ketones is 1. The summed E-state index contributed by atoms with van der Waals surface area (Å²) in [4.78, 5) is 22.0. The summed E-state index contributed by atoms with van der Waals surface area (Å²) in [6.45, 7) is 0.173. The zero-order chi connectivity index (χ0) is 15.5. The van der Waals surface area contributed by atoms with E-state index in [1.807, 2.05) is 12.2 Å². The molecular weight excluding hydrogens is 290 g/mol. The van der Waals surface area contributed by atoms with Gasteiger partial charge in [-0.1, -0.05) is 36.4 Å². The molecule has 0 aliphatic heterocycles. The first-order chi connectivity index (χ1) is 10.1. The molecule has 6 heteroatoms. The first-order valence-corrected chi connectivity index (χ1v) is 7.58. The van der Waals surface area contributed by atoms with Crippen molar-refractivity contribution >= 4 is 23.2 Å². The fourth-order valence-electron chi connectivity index (χ4n) is 1.51. The van der Waals surface area contributed by atoms with Crippen LogP contribution >= 0.6 is 11.8 Å². The third-order valence-electron chi connectivity index (χ3n) is 2.52. The monoisotopic (exact) mass is 307 g/mol. The Morgan fingerprint density at radius 1 is 1.33 bits per heavy atom. The second-order valence-electron chi connectivity index (χ2n) is 4.09. The molecule has 0 bridgehead atoms. The third-order valence-corrected chi connectivity index (χ3v) is 3.41. The highest BCUT2D eigenvalue weighted by Gasteiger charge is 2.09. The molecule has 0 spiro atoms. The molecule has 0 aliphatic carbocycles. The highest BCUT2D eigenvalue weighted by molar-refractivity contribution is 7.99. The number of Topliss-reactive ketones (excluding diaryl/α,β-unsaturated/α-hetero) is 1. The second kappa shape index (κ2) is 9.90. The summed E-state index contributed by atoms with van der Waals surface area (Å²) in [5.41, 5.74) is 0.266. The lowest BCUT2D eigenvalue weighted by Gasteiger charge is -1.97. The van der Waals surface area contributed by atoms with Crippen molar-refractivity contribution in [1.82, 2.24) is 0 Å². The van der Waals surface area contributed by atoms with Gasteiger partial charge in [0.05, 0.1) is 11.5 Å². The van der Waals surface area contributed by atoms with Crippen molar-refractivity contribution in [3.05, 3.63) is 64.2 Å². The molecule has 1 aromatic rings. The van der Waals surface area contributed by atoms with Gasteiger partial charge in [-0.3, -0.25) is 14.9 Å². The lowest BCUT2D eigenvalue weighted by Crippen LogP contribution is -1.98. The summed E-state index contributed by atoms with van der Waals surface area (Å²) in [6.07, 6.45) is 7.47. The molecule has 0 radical (unpaired) electrons. The summed E-state index contributed by atoms with van der Waals surface area (Å²) in [7, 11) is 0. The Kier molecular flexibility index (Phi) is 8.08. The number of nitro benzene ring substituents is 1. The van der Waals surface area contributed by atoms with Crippen LogP contribution < -0.4 is 0 Å². The maximum absolute atomic E-state index is 11.9. The molecule has 0 aromatic heterocycles. The summed E-state index contributed by atoms with van der Waals surface area (Å²) in [5.74, 6) is 1.36. The van der Waals surface area contributed by atoms with E-state index in [0.29, 0.717) is 11.3 Å². The normalized spacial score (nSPS) is 11.3. The van der Waals surface area contributed by atoms with Gasteiger partial charge in [0.25, 0.3) is 5.69 Å². The minimum absolute atomic E-state index is 0.0781. The van der Waals surface area contributed by atoms with E-state index in [1.165, 1.54) is 18.2 Å². The Bertz CT molecular complexity index is 540. The van der Waals surface area contributed by atoms with Gasteiger partial charge in [0, 0.05) is 35.6 Å². The van der Waals surface area contributed by atoms with Crippen molar-refractivity contribution in [3.63, 3.8) is 0 Å². The topological polar surface area (TPSA) is 80.4 Å². The fourth-order valence-corrected chi connectivity index (χ4v) is 2.06. The molecule has 0 saturated carbocycles. The Hall–Kier alpha value is -1.92. The molecule has 0 amide bonds. The molecule has 0 fully saturated rings. The van der Waals surface area contributed by atoms with Crippen molar-refractivity contribution < 1.29 is 14.8 Å². The van der Waals surface area contributed by atoms with Gasteiger partial charge in [0.1, 0.15) is 0 Å². The number of hydrogen-bond acceptors (Lipinski definition) is 5. The molecule has 1 N–H and O–H groups in total. The quantitative estimate of drug-likeness (QED) is 0.249. The SMILES string of the molecule is O=C(C/C=C/C=C/CSCCO)c1cccc([N+](=O)[O-])c1. The van der Waals surface area contributed by atoms with Crippen molar-refractivity contribution in [2.24, 2.45) is 0 Å². The number of carbonyl (C=O) groups excluding carboxylic acids is 1. The van der Waals surface area contributed by atoms with Gasteiger partial charge in [-0.2, -0.15) is 11.8 Å². The minimum Gasteiger partial charge on any atom is -0.396 e. The van der Waals surface area contributed by atoms with Crippen LogP contribution in [-0.4, -0.2) is 33.9 Å². The van der Waals surface area contributed by atoms with Gasteiger partial charge in [0.2, 0.25) is 0 Å². The van der Waals surface area contributed by atoms with E-state index < -0.39 is 4.92 Å². The highest BCUT2D eigenvalue weighted by atomic mass is 32.2. The molecule has 1 rings (SSSR count). The van der Waals surface area contributed by atoms with Crippen LogP contribution in [0.1, 0.15) is 16.8 Å². The van der Waals surface area contributed by atoms with Crippen LogP contribution in [0.3, 0.4) is 0 Å². The Labute approximate surface area is 127 Å². The lowest BCUT2D eigenvalue weighted by molar-refractivity contribution is -0.384. The molecule has 0 heterocycles. The number of benzene rings is 1. The maximum Gasteiger partial charge on any atom is 0.270 e. The van der Waals surface area contributed by atoms with E-state index in [9.17, 15) is 14.9 Å². The fraction of sp³-hybridized carbons (Fsp3) is 0.267. The maximum atomic E-state index is 11.9. The number of non-ortho nitro benzene ring substituents is 1. The minimum atomic E-state index is -0.514. The number of aliphatic hydroxyl groups excluding tert-OH is 1. The van der Waals surface area contributed by atoms with Gasteiger partial charge in [-0.05, 0) is 0 Å². The second-order valence-corrected chi connectivity index (χ2v) is 5.24. The number of aliphatic hydroxyl groups is 1. The number of thioether (sulfide) groups is 1. The average Bonchev–Trinajstić information content (AvgIpc) is 2.49. The van der Waals surface area contributed by atoms with Crippen molar-refractivity contribution in [3.8, 4) is 0 Å². The summed E-state index contributed by atoms with van der Waals surface area (Å²) >= 11 is 1.62. The van der Waals surface area contributed by atoms with Crippen LogP contribution in [0.5, 0.6) is 0 Å². The molecule has 0 atom stereocenters. The van der Waals surface area contributed by atoms with Gasteiger partial charge in [-0.15, -0.1) is 0 Å². The summed E-state index contributed by atoms with van der Waals surface area (Å²) in [6, 6.07) is 5.73. The molecule has 1 aromatic carbocycles. The smallest absolute Gasteiger partial charge is 0.270 e. The van der Waals surface area contributed by atoms with Crippen LogP contribution in [-0.2, 0) is 0 Å². The Morgan fingerprint density at radius 2 is 2.10 bits per heavy atom. The number of carbonyl (C=O) groups is 1. The van der Waals surface area contributed by atoms with Crippen LogP contribution in [0.2, 0.25) is 0 Å². The summed E-state index contributed by atoms with van der Waals surface area (Å²) < 4.78 is 0. The standard InChI is InChI=1S/C15H17NO4S/c17-9-11-21-10-4-2-1-3-8-15(18)13-6-5-7-14(12-13)16(19)20/h1-7,12,17H,8-11H2/b3-1+,4-2+. The Balaban J connectivity index is 2.43. The van der Waals surface area contributed by atoms with E-state index >= 15 is 0 Å². The van der Waals surface area contributed by atoms with Crippen molar-refractivity contribution in [1.29, 1.82) is 0 Å². The average molecular weight is 307 g/mol. The largest absolute Gasteiger partial charge is 0.396 e. The predicted molar refractivity (Wildman–Crippen MR) is 84.7 cm³/mol. The van der Waals surface area contributed by atoms with Gasteiger partial charge in [-0.25, -0.2) is 0 Å². The van der Waals surface area contributed by atoms with Gasteiger partial charge in [0.15, 0.2) is 5.78 Å². The third kappa shape index (κ3) is 6.87. The zero-order valence-corrected chi connectivity index (χ0v) is 12.3. The number of rotatable bonds is 9. The van der Waals surface area contributed by atoms with Crippen LogP contribution in [0, 0.1) is 10.1 Å². The van der Waals surface area contributed by atoms with E-state index in [-0.39, 0.29) is 24.5 Å². The molecule has 21 heavy (non-hydrogen) atoms. The first-order valence-electron chi connectivity index (χ1n) is 6.43. The van der Waals surface area contributed by atoms with E-state index in [2.05, 4.69) is 0 Å². The number of nitrogens with zero attached hydrogens (tertiary/aromatic N) is 1. The summed E-state index contributed by atoms with van der Waals surface area (Å²) in [5, 5.41) is 19.2. The van der Waals surface area contributed by atoms with Crippen LogP contribution in [0.25, 0.3) is 0 Å². The first kappa shape index (κ1) is 17.1. The Morgan fingerprint density at radius 3 is 2.81 bits per heavy atom.